The minimum Gasteiger partial charge on any atom is -0.345 e. The summed E-state index contributed by atoms with van der Waals surface area (Å²) in [5, 5.41) is 2.65. The zero-order valence-electron chi connectivity index (χ0n) is 12.8. The summed E-state index contributed by atoms with van der Waals surface area (Å²) in [4.78, 5) is 25.8. The highest BCUT2D eigenvalue weighted by Gasteiger charge is 2.41. The lowest BCUT2D eigenvalue weighted by atomic mass is 9.94. The Morgan fingerprint density at radius 3 is 2.25 bits per heavy atom. The first kappa shape index (κ1) is 14.6. The van der Waals surface area contributed by atoms with Gasteiger partial charge in [-0.05, 0) is 51.3 Å². The van der Waals surface area contributed by atoms with E-state index in [1.54, 1.807) is 18.7 Å². The number of piperazine rings is 1. The van der Waals surface area contributed by atoms with Gasteiger partial charge in [-0.25, -0.2) is 0 Å². The van der Waals surface area contributed by atoms with E-state index in [1.807, 2.05) is 0 Å². The summed E-state index contributed by atoms with van der Waals surface area (Å²) in [6.07, 6.45) is 0. The summed E-state index contributed by atoms with van der Waals surface area (Å²) in [6, 6.07) is 4.23. The second-order valence-corrected chi connectivity index (χ2v) is 6.10. The number of nitrogens with zero attached hydrogens (tertiary/aromatic N) is 1. The molecule has 2 amide bonds. The molecule has 1 fully saturated rings. The molecule has 0 bridgehead atoms. The van der Waals surface area contributed by atoms with Crippen LogP contribution in [-0.4, -0.2) is 28.8 Å². The molecule has 0 saturated carbocycles. The van der Waals surface area contributed by atoms with Gasteiger partial charge in [0.15, 0.2) is 0 Å². The van der Waals surface area contributed by atoms with Crippen molar-refractivity contribution in [2.45, 2.75) is 46.7 Å². The van der Waals surface area contributed by atoms with Crippen LogP contribution in [0.15, 0.2) is 12.1 Å². The molecule has 108 valence electrons. The van der Waals surface area contributed by atoms with Crippen LogP contribution < -0.4 is 5.32 Å². The van der Waals surface area contributed by atoms with E-state index in [0.29, 0.717) is 6.54 Å². The summed E-state index contributed by atoms with van der Waals surface area (Å²) < 4.78 is 0. The monoisotopic (exact) mass is 274 g/mol. The van der Waals surface area contributed by atoms with Crippen molar-refractivity contribution in [2.24, 2.45) is 0 Å². The van der Waals surface area contributed by atoms with Gasteiger partial charge >= 0.3 is 0 Å². The molecule has 1 saturated heterocycles. The minimum absolute atomic E-state index is 0.0334. The molecule has 0 unspecified atom stereocenters. The zero-order valence-corrected chi connectivity index (χ0v) is 12.8. The van der Waals surface area contributed by atoms with Gasteiger partial charge in [0.1, 0.15) is 5.54 Å². The van der Waals surface area contributed by atoms with E-state index in [2.05, 4.69) is 38.2 Å². The molecule has 2 rings (SSSR count). The molecule has 0 aromatic heterocycles. The van der Waals surface area contributed by atoms with Gasteiger partial charge in [0, 0.05) is 6.54 Å². The molecule has 1 N–H and O–H groups in total. The molecule has 20 heavy (non-hydrogen) atoms. The fraction of sp³-hybridized carbons (Fsp3) is 0.500. The van der Waals surface area contributed by atoms with E-state index in [1.165, 1.54) is 5.56 Å². The molecule has 0 radical (unpaired) electrons. The van der Waals surface area contributed by atoms with Crippen LogP contribution >= 0.6 is 0 Å². The Labute approximate surface area is 120 Å². The molecule has 4 heteroatoms. The summed E-state index contributed by atoms with van der Waals surface area (Å²) in [5.74, 6) is -0.131. The number of rotatable bonds is 2. The third-order valence-corrected chi connectivity index (χ3v) is 4.09. The van der Waals surface area contributed by atoms with Gasteiger partial charge in [0.05, 0.1) is 6.54 Å². The second kappa shape index (κ2) is 4.93. The standard InChI is InChI=1S/C16H22N2O2/c1-10-6-11(2)13(12(3)7-10)9-18-14(19)8-17-15(20)16(18,4)5/h6-7H,8-9H2,1-5H3,(H,17,20). The average Bonchev–Trinajstić information content (AvgIpc) is 2.32. The normalized spacial score (nSPS) is 18.1. The number of hydrogen-bond acceptors (Lipinski definition) is 2. The molecule has 0 atom stereocenters. The predicted octanol–water partition coefficient (Wildman–Crippen LogP) is 1.85. The van der Waals surface area contributed by atoms with Crippen molar-refractivity contribution in [3.05, 3.63) is 34.4 Å². The first-order chi connectivity index (χ1) is 9.23. The molecule has 1 aliphatic rings. The summed E-state index contributed by atoms with van der Waals surface area (Å²) in [6.45, 7) is 10.3. The van der Waals surface area contributed by atoms with Crippen molar-refractivity contribution >= 4 is 11.8 Å². The minimum atomic E-state index is -0.806. The number of amides is 2. The number of carbonyl (C=O) groups is 2. The molecule has 1 aromatic rings. The number of nitrogens with one attached hydrogen (secondary N) is 1. The molecule has 0 spiro atoms. The zero-order chi connectivity index (χ0) is 15.1. The van der Waals surface area contributed by atoms with E-state index in [4.69, 9.17) is 0 Å². The lowest BCUT2D eigenvalue weighted by molar-refractivity contribution is -0.152. The maximum Gasteiger partial charge on any atom is 0.245 e. The van der Waals surface area contributed by atoms with Crippen LogP contribution in [0.25, 0.3) is 0 Å². The third-order valence-electron chi connectivity index (χ3n) is 4.09. The molecule has 1 heterocycles. The van der Waals surface area contributed by atoms with Crippen molar-refractivity contribution < 1.29 is 9.59 Å². The number of benzene rings is 1. The van der Waals surface area contributed by atoms with Crippen LogP contribution in [0.2, 0.25) is 0 Å². The van der Waals surface area contributed by atoms with E-state index in [9.17, 15) is 9.59 Å². The van der Waals surface area contributed by atoms with Gasteiger partial charge in [0.25, 0.3) is 0 Å². The van der Waals surface area contributed by atoms with Crippen LogP contribution in [0.1, 0.15) is 36.1 Å². The highest BCUT2D eigenvalue weighted by molar-refractivity contribution is 5.97. The van der Waals surface area contributed by atoms with Crippen molar-refractivity contribution in [3.63, 3.8) is 0 Å². The average molecular weight is 274 g/mol. The van der Waals surface area contributed by atoms with Crippen LogP contribution in [0.4, 0.5) is 0 Å². The first-order valence-electron chi connectivity index (χ1n) is 6.89. The Morgan fingerprint density at radius 2 is 1.70 bits per heavy atom. The van der Waals surface area contributed by atoms with Gasteiger partial charge in [-0.3, -0.25) is 9.59 Å². The fourth-order valence-electron chi connectivity index (χ4n) is 2.81. The van der Waals surface area contributed by atoms with Crippen LogP contribution in [0.3, 0.4) is 0 Å². The summed E-state index contributed by atoms with van der Waals surface area (Å²) in [5.41, 5.74) is 3.87. The van der Waals surface area contributed by atoms with Crippen LogP contribution in [0, 0.1) is 20.8 Å². The maximum absolute atomic E-state index is 12.2. The molecule has 1 aromatic carbocycles. The van der Waals surface area contributed by atoms with E-state index in [0.717, 1.165) is 16.7 Å². The quantitative estimate of drug-likeness (QED) is 0.894. The fourth-order valence-corrected chi connectivity index (χ4v) is 2.81. The maximum atomic E-state index is 12.2. The van der Waals surface area contributed by atoms with Gasteiger partial charge in [-0.15, -0.1) is 0 Å². The summed E-state index contributed by atoms with van der Waals surface area (Å²) in [7, 11) is 0. The summed E-state index contributed by atoms with van der Waals surface area (Å²) >= 11 is 0. The largest absolute Gasteiger partial charge is 0.345 e. The van der Waals surface area contributed by atoms with Gasteiger partial charge < -0.3 is 10.2 Å². The lowest BCUT2D eigenvalue weighted by Gasteiger charge is -2.41. The topological polar surface area (TPSA) is 49.4 Å². The van der Waals surface area contributed by atoms with Crippen LogP contribution in [0.5, 0.6) is 0 Å². The number of hydrogen-bond donors (Lipinski definition) is 1. The van der Waals surface area contributed by atoms with Crippen LogP contribution in [-0.2, 0) is 16.1 Å². The lowest BCUT2D eigenvalue weighted by Crippen LogP contribution is -2.63. The molecule has 1 aliphatic heterocycles. The number of carbonyl (C=O) groups excluding carboxylic acids is 2. The second-order valence-electron chi connectivity index (χ2n) is 6.10. The Hall–Kier alpha value is -1.84. The first-order valence-corrected chi connectivity index (χ1v) is 6.89. The Kier molecular flexibility index (Phi) is 3.59. The van der Waals surface area contributed by atoms with Gasteiger partial charge in [-0.2, -0.15) is 0 Å². The molecule has 0 aliphatic carbocycles. The number of aryl methyl sites for hydroxylation is 3. The highest BCUT2D eigenvalue weighted by Crippen LogP contribution is 2.25. The van der Waals surface area contributed by atoms with Crippen molar-refractivity contribution in [3.8, 4) is 0 Å². The van der Waals surface area contributed by atoms with E-state index in [-0.39, 0.29) is 18.4 Å². The Morgan fingerprint density at radius 1 is 1.15 bits per heavy atom. The molecular formula is C16H22N2O2. The van der Waals surface area contributed by atoms with Crippen molar-refractivity contribution in [2.75, 3.05) is 6.54 Å². The SMILES string of the molecule is Cc1cc(C)c(CN2C(=O)CNC(=O)C2(C)C)c(C)c1. The van der Waals surface area contributed by atoms with Gasteiger partial charge in [0.2, 0.25) is 11.8 Å². The van der Waals surface area contributed by atoms with Gasteiger partial charge in [-0.1, -0.05) is 17.7 Å². The van der Waals surface area contributed by atoms with Crippen molar-refractivity contribution in [1.82, 2.24) is 10.2 Å². The highest BCUT2D eigenvalue weighted by atomic mass is 16.2. The van der Waals surface area contributed by atoms with E-state index >= 15 is 0 Å². The van der Waals surface area contributed by atoms with E-state index < -0.39 is 5.54 Å². The molecule has 4 nitrogen and oxygen atoms in total. The smallest absolute Gasteiger partial charge is 0.245 e. The Balaban J connectivity index is 2.37. The molecular weight excluding hydrogens is 252 g/mol. The van der Waals surface area contributed by atoms with Crippen molar-refractivity contribution in [1.29, 1.82) is 0 Å². The Bertz CT molecular complexity index is 553. The predicted molar refractivity (Wildman–Crippen MR) is 78.3 cm³/mol. The third kappa shape index (κ3) is 2.42.